The zero-order chi connectivity index (χ0) is 45.2. The highest BCUT2D eigenvalue weighted by molar-refractivity contribution is 5.77. The molecular weight excluding hydrogens is 767 g/mol. The van der Waals surface area contributed by atoms with Crippen molar-refractivity contribution < 1.29 is 24.5 Å². The summed E-state index contributed by atoms with van der Waals surface area (Å²) in [6.45, 7) is 6.27. The Morgan fingerprint density at radius 2 is 0.952 bits per heavy atom. The van der Waals surface area contributed by atoms with Gasteiger partial charge in [-0.2, -0.15) is 0 Å². The molecule has 0 saturated heterocycles. The van der Waals surface area contributed by atoms with Crippen LogP contribution in [-0.4, -0.2) is 46.9 Å². The van der Waals surface area contributed by atoms with Crippen LogP contribution in [0, 0.1) is 0 Å². The molecule has 0 bridgehead atoms. The number of amides is 1. The van der Waals surface area contributed by atoms with E-state index in [0.29, 0.717) is 19.3 Å². The Morgan fingerprint density at radius 1 is 0.500 bits per heavy atom. The number of allylic oxidation sites excluding steroid dienone is 16. The van der Waals surface area contributed by atoms with E-state index in [1.807, 2.05) is 36.5 Å². The number of esters is 1. The molecule has 0 aromatic rings. The third kappa shape index (κ3) is 43.4. The summed E-state index contributed by atoms with van der Waals surface area (Å²) in [6, 6.07) is -0.734. The van der Waals surface area contributed by atoms with E-state index in [-0.39, 0.29) is 24.9 Å². The molecule has 0 fully saturated rings. The lowest BCUT2D eigenvalue weighted by Gasteiger charge is -2.24. The summed E-state index contributed by atoms with van der Waals surface area (Å²) in [5.41, 5.74) is 0. The van der Waals surface area contributed by atoms with Gasteiger partial charge in [-0.3, -0.25) is 9.59 Å². The van der Waals surface area contributed by atoms with Crippen molar-refractivity contribution >= 4 is 11.9 Å². The molecule has 3 N–H and O–H groups in total. The fraction of sp³-hybridized carbons (Fsp3) is 0.679. The molecule has 6 nitrogen and oxygen atoms in total. The predicted molar refractivity (Wildman–Crippen MR) is 268 cm³/mol. The highest BCUT2D eigenvalue weighted by Crippen LogP contribution is 2.16. The van der Waals surface area contributed by atoms with Crippen molar-refractivity contribution in [2.75, 3.05) is 6.61 Å². The number of aliphatic hydroxyl groups is 2. The lowest BCUT2D eigenvalue weighted by molar-refractivity contribution is -0.151. The van der Waals surface area contributed by atoms with Crippen LogP contribution in [0.15, 0.2) is 97.2 Å². The van der Waals surface area contributed by atoms with Crippen molar-refractivity contribution in [3.63, 3.8) is 0 Å². The van der Waals surface area contributed by atoms with Gasteiger partial charge in [0.25, 0.3) is 0 Å². The third-order valence-corrected chi connectivity index (χ3v) is 11.0. The average molecular weight is 862 g/mol. The van der Waals surface area contributed by atoms with E-state index in [0.717, 1.165) is 83.5 Å². The Hall–Kier alpha value is -3.22. The van der Waals surface area contributed by atoms with E-state index in [1.54, 1.807) is 0 Å². The highest BCUT2D eigenvalue weighted by atomic mass is 16.5. The molecule has 354 valence electrons. The Morgan fingerprint density at radius 3 is 1.50 bits per heavy atom. The zero-order valence-electron chi connectivity index (χ0n) is 40.2. The topological polar surface area (TPSA) is 95.9 Å². The molecule has 0 aromatic carbocycles. The van der Waals surface area contributed by atoms with Crippen molar-refractivity contribution in [3.8, 4) is 0 Å². The molecule has 6 heteroatoms. The van der Waals surface area contributed by atoms with Crippen molar-refractivity contribution in [2.24, 2.45) is 0 Å². The summed E-state index contributed by atoms with van der Waals surface area (Å²) in [5.74, 6) is -0.586. The first kappa shape index (κ1) is 58.8. The second kappa shape index (κ2) is 48.8. The number of aliphatic hydroxyl groups excluding tert-OH is 2. The fourth-order valence-electron chi connectivity index (χ4n) is 7.13. The summed E-state index contributed by atoms with van der Waals surface area (Å²) in [7, 11) is 0. The number of carbonyl (C=O) groups is 2. The summed E-state index contributed by atoms with van der Waals surface area (Å²) >= 11 is 0. The first-order chi connectivity index (χ1) is 30.5. The van der Waals surface area contributed by atoms with E-state index >= 15 is 0 Å². The molecule has 0 aliphatic heterocycles. The number of ether oxygens (including phenoxy) is 1. The van der Waals surface area contributed by atoms with Gasteiger partial charge < -0.3 is 20.3 Å². The van der Waals surface area contributed by atoms with Gasteiger partial charge in [0.2, 0.25) is 5.91 Å². The van der Waals surface area contributed by atoms with Gasteiger partial charge in [-0.25, -0.2) is 0 Å². The summed E-state index contributed by atoms with van der Waals surface area (Å²) in [5, 5.41) is 23.7. The lowest BCUT2D eigenvalue weighted by Crippen LogP contribution is -2.46. The van der Waals surface area contributed by atoms with Crippen LogP contribution >= 0.6 is 0 Å². The van der Waals surface area contributed by atoms with Crippen LogP contribution in [0.2, 0.25) is 0 Å². The summed E-state index contributed by atoms with van der Waals surface area (Å²) in [4.78, 5) is 26.1. The van der Waals surface area contributed by atoms with Gasteiger partial charge in [-0.15, -0.1) is 0 Å². The minimum atomic E-state index is -0.815. The van der Waals surface area contributed by atoms with Crippen LogP contribution in [-0.2, 0) is 14.3 Å². The zero-order valence-corrected chi connectivity index (χ0v) is 40.2. The predicted octanol–water partition coefficient (Wildman–Crippen LogP) is 15.3. The fourth-order valence-corrected chi connectivity index (χ4v) is 7.13. The Balaban J connectivity index is 4.66. The second-order valence-electron chi connectivity index (χ2n) is 16.9. The molecule has 0 saturated carbocycles. The molecule has 62 heavy (non-hydrogen) atoms. The largest absolute Gasteiger partial charge is 0.462 e. The number of carbonyl (C=O) groups excluding carboxylic acids is 2. The number of hydrogen-bond donors (Lipinski definition) is 3. The van der Waals surface area contributed by atoms with E-state index in [4.69, 9.17) is 4.74 Å². The van der Waals surface area contributed by atoms with Gasteiger partial charge in [0.1, 0.15) is 6.10 Å². The van der Waals surface area contributed by atoms with Crippen molar-refractivity contribution in [1.82, 2.24) is 5.32 Å². The molecule has 0 aliphatic rings. The van der Waals surface area contributed by atoms with E-state index in [2.05, 4.69) is 86.8 Å². The molecule has 3 atom stereocenters. The van der Waals surface area contributed by atoms with Crippen LogP contribution < -0.4 is 5.32 Å². The van der Waals surface area contributed by atoms with Crippen molar-refractivity contribution in [1.29, 1.82) is 0 Å². The Labute approximate surface area is 382 Å². The molecule has 0 radical (unpaired) electrons. The maximum atomic E-state index is 13.2. The summed E-state index contributed by atoms with van der Waals surface area (Å²) in [6.07, 6.45) is 64.7. The minimum Gasteiger partial charge on any atom is -0.462 e. The van der Waals surface area contributed by atoms with E-state index in [1.165, 1.54) is 89.9 Å². The maximum Gasteiger partial charge on any atom is 0.306 e. The molecule has 0 heterocycles. The molecule has 3 unspecified atom stereocenters. The first-order valence-corrected chi connectivity index (χ1v) is 25.5. The number of rotatable bonds is 44. The quantitative estimate of drug-likeness (QED) is 0.0245. The smallest absolute Gasteiger partial charge is 0.306 e. The molecule has 0 aromatic heterocycles. The lowest BCUT2D eigenvalue weighted by atomic mass is 10.0. The van der Waals surface area contributed by atoms with E-state index < -0.39 is 18.2 Å². The SMILES string of the molecule is CC/C=C/C=C/C=C\C=C/CCCC(CC(=O)NC(CO)C(O)CCCCCCCCCCCCCCC)OC(=O)CCCCC/C=C\C/C=C\C/C=C\C/C=C\CCCCC. The third-order valence-electron chi connectivity index (χ3n) is 11.0. The average Bonchev–Trinajstić information content (AvgIpc) is 3.26. The number of unbranched alkanes of at least 4 members (excludes halogenated alkanes) is 19. The van der Waals surface area contributed by atoms with Gasteiger partial charge in [0.05, 0.1) is 25.2 Å². The highest BCUT2D eigenvalue weighted by Gasteiger charge is 2.24. The normalized spacial score (nSPS) is 14.1. The number of hydrogen-bond acceptors (Lipinski definition) is 5. The van der Waals surface area contributed by atoms with Gasteiger partial charge in [0.15, 0.2) is 0 Å². The van der Waals surface area contributed by atoms with Crippen LogP contribution in [0.25, 0.3) is 0 Å². The van der Waals surface area contributed by atoms with Gasteiger partial charge >= 0.3 is 5.97 Å². The molecule has 0 spiro atoms. The molecule has 1 amide bonds. The number of nitrogens with one attached hydrogen (secondary N) is 1. The monoisotopic (exact) mass is 862 g/mol. The van der Waals surface area contributed by atoms with Crippen molar-refractivity contribution in [2.45, 2.75) is 238 Å². The summed E-state index contributed by atoms with van der Waals surface area (Å²) < 4.78 is 5.87. The maximum absolute atomic E-state index is 13.2. The Kier molecular flexibility index (Phi) is 46.3. The van der Waals surface area contributed by atoms with Crippen LogP contribution in [0.1, 0.15) is 220 Å². The van der Waals surface area contributed by atoms with Crippen LogP contribution in [0.3, 0.4) is 0 Å². The second-order valence-corrected chi connectivity index (χ2v) is 16.9. The van der Waals surface area contributed by atoms with Crippen LogP contribution in [0.5, 0.6) is 0 Å². The van der Waals surface area contributed by atoms with Gasteiger partial charge in [-0.05, 0) is 83.5 Å². The molecule has 0 rings (SSSR count). The standard InChI is InChI=1S/C56H95NO5/c1-4-7-10-13-16-19-22-24-25-26-27-28-29-31-34-37-40-43-46-49-56(61)62-52(47-44-41-38-35-32-21-18-15-12-9-6-3)50-55(60)57-53(51-58)54(59)48-45-42-39-36-33-30-23-20-17-14-11-8-5-2/h9,12,15-16,18-19,21,24-25,27-28,31-32,34-35,38,52-54,58-59H,4-8,10-11,13-14,17,20,22-23,26,29-30,33,36-37,39-51H2,1-3H3,(H,57,60)/b12-9+,18-15+,19-16-,25-24-,28-27-,32-21-,34-31-,38-35-. The molecular formula is C56H95NO5. The van der Waals surface area contributed by atoms with Gasteiger partial charge in [-0.1, -0.05) is 221 Å². The van der Waals surface area contributed by atoms with Gasteiger partial charge in [0, 0.05) is 6.42 Å². The first-order valence-electron chi connectivity index (χ1n) is 25.5. The Bertz CT molecular complexity index is 1240. The minimum absolute atomic E-state index is 0.0133. The van der Waals surface area contributed by atoms with Crippen molar-refractivity contribution in [3.05, 3.63) is 97.2 Å². The van der Waals surface area contributed by atoms with E-state index in [9.17, 15) is 19.8 Å². The van der Waals surface area contributed by atoms with Crippen LogP contribution in [0.4, 0.5) is 0 Å². The molecule has 0 aliphatic carbocycles.